The van der Waals surface area contributed by atoms with E-state index in [1.807, 2.05) is 18.2 Å². The Labute approximate surface area is 204 Å². The van der Waals surface area contributed by atoms with Crippen molar-refractivity contribution in [3.8, 4) is 5.75 Å². The van der Waals surface area contributed by atoms with Crippen LogP contribution < -0.4 is 4.74 Å². The van der Waals surface area contributed by atoms with Crippen molar-refractivity contribution < 1.29 is 36.8 Å². The van der Waals surface area contributed by atoms with E-state index in [2.05, 4.69) is 4.74 Å². The summed E-state index contributed by atoms with van der Waals surface area (Å²) in [5.41, 5.74) is 2.07. The fraction of sp³-hybridized carbons (Fsp3) is 0.680. The molecule has 0 atom stereocenters. The zero-order valence-electron chi connectivity index (χ0n) is 20.6. The Kier molecular flexibility index (Phi) is 15.2. The number of esters is 1. The van der Waals surface area contributed by atoms with Gasteiger partial charge in [0, 0.05) is 12.8 Å². The van der Waals surface area contributed by atoms with Crippen LogP contribution in [0.5, 0.6) is 5.75 Å². The van der Waals surface area contributed by atoms with Crippen LogP contribution in [0.15, 0.2) is 18.2 Å². The molecule has 1 aromatic carbocycles. The predicted molar refractivity (Wildman–Crippen MR) is 131 cm³/mol. The lowest BCUT2D eigenvalue weighted by atomic mass is 9.97. The second-order valence-electron chi connectivity index (χ2n) is 8.42. The summed E-state index contributed by atoms with van der Waals surface area (Å²) in [5, 5.41) is 9.15. The first-order valence-electron chi connectivity index (χ1n) is 12.1. The zero-order valence-corrected chi connectivity index (χ0v) is 21.4. The normalized spacial score (nSPS) is 11.4. The molecule has 0 aliphatic carbocycles. The van der Waals surface area contributed by atoms with Crippen LogP contribution in [0.1, 0.15) is 81.8 Å². The second kappa shape index (κ2) is 17.3. The van der Waals surface area contributed by atoms with Crippen LogP contribution in [-0.2, 0) is 41.5 Å². The van der Waals surface area contributed by atoms with Crippen molar-refractivity contribution in [3.05, 3.63) is 29.3 Å². The lowest BCUT2D eigenvalue weighted by Gasteiger charge is -2.15. The maximum absolute atomic E-state index is 11.1. The molecule has 0 spiro atoms. The number of carbonyl (C=O) groups is 2. The number of ether oxygens (including phenoxy) is 2. The molecular formula is C25H40O8S. The Morgan fingerprint density at radius 3 is 2.18 bits per heavy atom. The Balaban J connectivity index is 2.46. The molecule has 0 unspecified atom stereocenters. The summed E-state index contributed by atoms with van der Waals surface area (Å²) in [4.78, 5) is 22.3. The summed E-state index contributed by atoms with van der Waals surface area (Å²) in [6.45, 7) is 0.776. The van der Waals surface area contributed by atoms with Gasteiger partial charge >= 0.3 is 11.9 Å². The minimum absolute atomic E-state index is 0.0520. The Bertz CT molecular complexity index is 835. The van der Waals surface area contributed by atoms with Crippen molar-refractivity contribution >= 4 is 22.1 Å². The van der Waals surface area contributed by atoms with Gasteiger partial charge in [-0.15, -0.1) is 0 Å². The molecule has 0 aliphatic rings. The van der Waals surface area contributed by atoms with Crippen LogP contribution in [0, 0.1) is 0 Å². The zero-order chi connectivity index (χ0) is 25.2. The number of aryl methyl sites for hydroxylation is 1. The first kappa shape index (κ1) is 29.9. The molecule has 1 aromatic rings. The summed E-state index contributed by atoms with van der Waals surface area (Å²) in [6, 6.07) is 5.87. The smallest absolute Gasteiger partial charge is 0.305 e. The molecule has 1 rings (SSSR count). The van der Waals surface area contributed by atoms with E-state index in [1.165, 1.54) is 7.11 Å². The number of hydrogen-bond acceptors (Lipinski definition) is 7. The molecule has 1 N–H and O–H groups in total. The van der Waals surface area contributed by atoms with Gasteiger partial charge in [0.05, 0.1) is 26.6 Å². The van der Waals surface area contributed by atoms with Crippen LogP contribution in [0.25, 0.3) is 0 Å². The average molecular weight is 501 g/mol. The lowest BCUT2D eigenvalue weighted by Crippen LogP contribution is -2.06. The number of hydrogen-bond donors (Lipinski definition) is 1. The van der Waals surface area contributed by atoms with Gasteiger partial charge in [-0.2, -0.15) is 8.42 Å². The van der Waals surface area contributed by atoms with E-state index in [4.69, 9.17) is 14.0 Å². The van der Waals surface area contributed by atoms with E-state index in [-0.39, 0.29) is 19.0 Å². The van der Waals surface area contributed by atoms with Crippen molar-refractivity contribution in [2.45, 2.75) is 83.5 Å². The first-order valence-corrected chi connectivity index (χ1v) is 13.9. The molecule has 0 aromatic heterocycles. The number of methoxy groups -OCH3 is 1. The highest BCUT2D eigenvalue weighted by Gasteiger charge is 2.12. The third-order valence-electron chi connectivity index (χ3n) is 5.47. The SMILES string of the molecule is COC(=O)CCCCCCCOc1cccc(CCCCCCOS(C)(=O)=O)c1CCC(=O)O. The summed E-state index contributed by atoms with van der Waals surface area (Å²) in [6.07, 6.45) is 11.0. The largest absolute Gasteiger partial charge is 0.493 e. The van der Waals surface area contributed by atoms with Gasteiger partial charge in [0.25, 0.3) is 10.1 Å². The molecule has 0 heterocycles. The number of aliphatic carboxylic acids is 1. The second-order valence-corrected chi connectivity index (χ2v) is 10.1. The number of unbranched alkanes of at least 4 members (excludes halogenated alkanes) is 7. The van der Waals surface area contributed by atoms with Gasteiger partial charge in [-0.05, 0) is 55.7 Å². The summed E-state index contributed by atoms with van der Waals surface area (Å²) in [5.74, 6) is -0.248. The monoisotopic (exact) mass is 500 g/mol. The van der Waals surface area contributed by atoms with E-state index in [0.29, 0.717) is 25.9 Å². The number of carboxylic acid groups (broad SMARTS) is 1. The maximum atomic E-state index is 11.1. The Hall–Kier alpha value is -2.13. The highest BCUT2D eigenvalue weighted by molar-refractivity contribution is 7.85. The van der Waals surface area contributed by atoms with Gasteiger partial charge in [-0.1, -0.05) is 44.2 Å². The van der Waals surface area contributed by atoms with E-state index in [1.54, 1.807) is 0 Å². The van der Waals surface area contributed by atoms with Crippen molar-refractivity contribution in [1.82, 2.24) is 0 Å². The van der Waals surface area contributed by atoms with E-state index < -0.39 is 16.1 Å². The Morgan fingerprint density at radius 1 is 0.853 bits per heavy atom. The fourth-order valence-electron chi connectivity index (χ4n) is 3.66. The highest BCUT2D eigenvalue weighted by atomic mass is 32.2. The van der Waals surface area contributed by atoms with Crippen LogP contribution in [0.3, 0.4) is 0 Å². The van der Waals surface area contributed by atoms with Crippen molar-refractivity contribution in [2.24, 2.45) is 0 Å². The van der Waals surface area contributed by atoms with E-state index in [0.717, 1.165) is 80.9 Å². The molecule has 34 heavy (non-hydrogen) atoms. The standard InChI is InChI=1S/C25H40O8S/c1-31-25(28)16-9-4-3-6-10-19-32-23-15-12-14-21(22(23)17-18-24(26)27)13-8-5-7-11-20-33-34(2,29)30/h12,14-15H,3-11,13,16-20H2,1-2H3,(H,26,27). The maximum Gasteiger partial charge on any atom is 0.305 e. The van der Waals surface area contributed by atoms with Gasteiger partial charge in [0.15, 0.2) is 0 Å². The first-order chi connectivity index (χ1) is 16.2. The predicted octanol–water partition coefficient (Wildman–Crippen LogP) is 4.68. The van der Waals surface area contributed by atoms with E-state index >= 15 is 0 Å². The summed E-state index contributed by atoms with van der Waals surface area (Å²) < 4.78 is 37.4. The van der Waals surface area contributed by atoms with Gasteiger partial charge in [-0.3, -0.25) is 13.8 Å². The number of carbonyl (C=O) groups excluding carboxylic acids is 1. The third kappa shape index (κ3) is 14.9. The lowest BCUT2D eigenvalue weighted by molar-refractivity contribution is -0.140. The topological polar surface area (TPSA) is 116 Å². The van der Waals surface area contributed by atoms with Gasteiger partial charge in [0.2, 0.25) is 0 Å². The molecule has 0 amide bonds. The van der Waals surface area contributed by atoms with Crippen molar-refractivity contribution in [1.29, 1.82) is 0 Å². The van der Waals surface area contributed by atoms with Crippen molar-refractivity contribution in [3.63, 3.8) is 0 Å². The van der Waals surface area contributed by atoms with Crippen LogP contribution in [0.2, 0.25) is 0 Å². The minimum atomic E-state index is -3.38. The fourth-order valence-corrected chi connectivity index (χ4v) is 4.08. The van der Waals surface area contributed by atoms with Gasteiger partial charge in [-0.25, -0.2) is 0 Å². The van der Waals surface area contributed by atoms with Crippen LogP contribution >= 0.6 is 0 Å². The highest BCUT2D eigenvalue weighted by Crippen LogP contribution is 2.26. The average Bonchev–Trinajstić information content (AvgIpc) is 2.78. The molecule has 0 radical (unpaired) electrons. The van der Waals surface area contributed by atoms with Gasteiger partial charge in [0.1, 0.15) is 5.75 Å². The van der Waals surface area contributed by atoms with Crippen molar-refractivity contribution in [2.75, 3.05) is 26.6 Å². The molecule has 194 valence electrons. The molecule has 0 saturated carbocycles. The molecule has 0 saturated heterocycles. The molecular weight excluding hydrogens is 460 g/mol. The molecule has 0 fully saturated rings. The van der Waals surface area contributed by atoms with Gasteiger partial charge < -0.3 is 14.6 Å². The Morgan fingerprint density at radius 2 is 1.50 bits per heavy atom. The number of benzene rings is 1. The number of rotatable bonds is 20. The van der Waals surface area contributed by atoms with E-state index in [9.17, 15) is 18.0 Å². The van der Waals surface area contributed by atoms with Crippen LogP contribution in [0.4, 0.5) is 0 Å². The molecule has 9 heteroatoms. The molecule has 0 bridgehead atoms. The molecule has 0 aliphatic heterocycles. The van der Waals surface area contributed by atoms with Crippen LogP contribution in [-0.4, -0.2) is 52.0 Å². The summed E-state index contributed by atoms with van der Waals surface area (Å²) in [7, 11) is -1.98. The summed E-state index contributed by atoms with van der Waals surface area (Å²) >= 11 is 0. The molecule has 8 nitrogen and oxygen atoms in total. The quantitative estimate of drug-likeness (QED) is 0.156. The number of carboxylic acids is 1. The minimum Gasteiger partial charge on any atom is -0.493 e. The third-order valence-corrected chi connectivity index (χ3v) is 6.06.